The van der Waals surface area contributed by atoms with E-state index in [4.69, 9.17) is 0 Å². The van der Waals surface area contributed by atoms with Gasteiger partial charge in [-0.25, -0.2) is 12.8 Å². The minimum Gasteiger partial charge on any atom is -0.309 e. The second-order valence-electron chi connectivity index (χ2n) is 10.1. The monoisotopic (exact) mass is 465 g/mol. The first kappa shape index (κ1) is 25.8. The van der Waals surface area contributed by atoms with Crippen molar-refractivity contribution in [1.82, 2.24) is 5.32 Å². The molecule has 9 heteroatoms. The molecule has 0 aliphatic heterocycles. The van der Waals surface area contributed by atoms with E-state index in [-0.39, 0.29) is 43.4 Å². The fourth-order valence-electron chi connectivity index (χ4n) is 3.88. The van der Waals surface area contributed by atoms with Gasteiger partial charge in [0.15, 0.2) is 0 Å². The van der Waals surface area contributed by atoms with Crippen LogP contribution in [-0.4, -0.2) is 32.3 Å². The molecule has 1 saturated carbocycles. The molecular weight excluding hydrogens is 434 g/mol. The van der Waals surface area contributed by atoms with Crippen LogP contribution in [0.1, 0.15) is 65.4 Å². The SMILES string of the molecule is CC(C)(C)CC(=O)CNCC1(C)CCC(F)(S(=O)(=O)c2cccc(C(F)(F)F)c2)CC1. The van der Waals surface area contributed by atoms with Gasteiger partial charge < -0.3 is 5.32 Å². The van der Waals surface area contributed by atoms with Crippen LogP contribution < -0.4 is 5.32 Å². The van der Waals surface area contributed by atoms with Crippen molar-refractivity contribution in [3.05, 3.63) is 29.8 Å². The zero-order valence-electron chi connectivity index (χ0n) is 18.4. The lowest BCUT2D eigenvalue weighted by atomic mass is 9.74. The lowest BCUT2D eigenvalue weighted by molar-refractivity contribution is -0.137. The number of carbonyl (C=O) groups is 1. The first-order valence-corrected chi connectivity index (χ1v) is 11.8. The molecule has 0 aromatic heterocycles. The number of halogens is 4. The predicted molar refractivity (Wildman–Crippen MR) is 111 cm³/mol. The predicted octanol–water partition coefficient (Wildman–Crippen LogP) is 5.32. The topological polar surface area (TPSA) is 63.2 Å². The molecule has 0 atom stereocenters. The van der Waals surface area contributed by atoms with Crippen molar-refractivity contribution in [2.45, 2.75) is 75.9 Å². The van der Waals surface area contributed by atoms with Gasteiger partial charge in [-0.2, -0.15) is 13.2 Å². The van der Waals surface area contributed by atoms with Crippen LogP contribution in [0.4, 0.5) is 17.6 Å². The first-order valence-electron chi connectivity index (χ1n) is 10.3. The normalized spacial score (nSPS) is 25.4. The van der Waals surface area contributed by atoms with E-state index in [0.717, 1.165) is 18.2 Å². The van der Waals surface area contributed by atoms with Gasteiger partial charge in [0, 0.05) is 13.0 Å². The van der Waals surface area contributed by atoms with Gasteiger partial charge in [0.1, 0.15) is 5.78 Å². The van der Waals surface area contributed by atoms with Gasteiger partial charge in [-0.15, -0.1) is 0 Å². The Balaban J connectivity index is 2.03. The highest BCUT2D eigenvalue weighted by Gasteiger charge is 2.50. The van der Waals surface area contributed by atoms with Gasteiger partial charge in [-0.1, -0.05) is 33.8 Å². The standard InChI is InChI=1S/C22H31F4NO3S/c1-19(2,3)13-17(28)14-27-15-20(4)8-10-21(23,11-9-20)31(29,30)18-7-5-6-16(12-18)22(24,25)26/h5-7,12,27H,8-11,13-15H2,1-4H3. The van der Waals surface area contributed by atoms with Gasteiger partial charge in [-0.05, 0) is 54.7 Å². The van der Waals surface area contributed by atoms with Gasteiger partial charge in [0.05, 0.1) is 17.0 Å². The molecular formula is C22H31F4NO3S. The maximum atomic E-state index is 15.5. The third-order valence-electron chi connectivity index (χ3n) is 5.76. The van der Waals surface area contributed by atoms with E-state index < -0.39 is 36.9 Å². The van der Waals surface area contributed by atoms with Crippen LogP contribution in [0.5, 0.6) is 0 Å². The van der Waals surface area contributed by atoms with Crippen molar-refractivity contribution in [3.63, 3.8) is 0 Å². The molecule has 0 amide bonds. The third-order valence-corrected chi connectivity index (χ3v) is 8.00. The zero-order chi connectivity index (χ0) is 23.7. The van der Waals surface area contributed by atoms with E-state index in [9.17, 15) is 26.4 Å². The van der Waals surface area contributed by atoms with Crippen molar-refractivity contribution in [3.8, 4) is 0 Å². The Kier molecular flexibility index (Phi) is 7.32. The summed E-state index contributed by atoms with van der Waals surface area (Å²) in [4.78, 5) is 11.4. The minimum atomic E-state index is -4.71. The summed E-state index contributed by atoms with van der Waals surface area (Å²) in [7, 11) is -4.59. The van der Waals surface area contributed by atoms with E-state index in [1.807, 2.05) is 27.7 Å². The fraction of sp³-hybridized carbons (Fsp3) is 0.682. The number of hydrogen-bond donors (Lipinski definition) is 1. The Morgan fingerprint density at radius 1 is 1.10 bits per heavy atom. The molecule has 1 aromatic carbocycles. The Labute approximate surface area is 181 Å². The molecule has 1 aromatic rings. The van der Waals surface area contributed by atoms with Crippen molar-refractivity contribution in [1.29, 1.82) is 0 Å². The fourth-order valence-corrected chi connectivity index (χ4v) is 5.58. The zero-order valence-corrected chi connectivity index (χ0v) is 19.2. The van der Waals surface area contributed by atoms with Crippen LogP contribution in [0.15, 0.2) is 29.2 Å². The largest absolute Gasteiger partial charge is 0.416 e. The Hall–Kier alpha value is -1.48. The summed E-state index contributed by atoms with van der Waals surface area (Å²) in [6, 6.07) is 3.23. The van der Waals surface area contributed by atoms with Crippen LogP contribution in [-0.2, 0) is 20.8 Å². The van der Waals surface area contributed by atoms with Crippen molar-refractivity contribution in [2.24, 2.45) is 10.8 Å². The molecule has 2 rings (SSSR count). The summed E-state index contributed by atoms with van der Waals surface area (Å²) in [5.41, 5.74) is -1.64. The number of rotatable bonds is 7. The van der Waals surface area contributed by atoms with E-state index in [1.165, 1.54) is 0 Å². The minimum absolute atomic E-state index is 0.0684. The van der Waals surface area contributed by atoms with Crippen molar-refractivity contribution >= 4 is 15.6 Å². The van der Waals surface area contributed by atoms with E-state index in [2.05, 4.69) is 5.32 Å². The highest BCUT2D eigenvalue weighted by atomic mass is 32.2. The maximum absolute atomic E-state index is 15.5. The molecule has 176 valence electrons. The lowest BCUT2D eigenvalue weighted by Gasteiger charge is -2.40. The summed E-state index contributed by atoms with van der Waals surface area (Å²) in [6.45, 7) is 8.43. The Morgan fingerprint density at radius 2 is 1.68 bits per heavy atom. The van der Waals surface area contributed by atoms with Crippen LogP contribution >= 0.6 is 0 Å². The summed E-state index contributed by atoms with van der Waals surface area (Å²) in [6.07, 6.45) is -4.42. The maximum Gasteiger partial charge on any atom is 0.416 e. The van der Waals surface area contributed by atoms with Gasteiger partial charge in [0.25, 0.3) is 0 Å². The second kappa shape index (κ2) is 8.81. The molecule has 0 spiro atoms. The average Bonchev–Trinajstić information content (AvgIpc) is 2.62. The molecule has 0 saturated heterocycles. The number of nitrogens with one attached hydrogen (secondary N) is 1. The van der Waals surface area contributed by atoms with Gasteiger partial charge in [-0.3, -0.25) is 4.79 Å². The molecule has 1 aliphatic carbocycles. The summed E-state index contributed by atoms with van der Waals surface area (Å²) >= 11 is 0. The molecule has 4 nitrogen and oxygen atoms in total. The molecule has 0 heterocycles. The highest BCUT2D eigenvalue weighted by Crippen LogP contribution is 2.47. The molecule has 1 aliphatic rings. The number of carbonyl (C=O) groups excluding carboxylic acids is 1. The second-order valence-corrected chi connectivity index (χ2v) is 12.3. The summed E-state index contributed by atoms with van der Waals surface area (Å²) in [5.74, 6) is 0.0684. The van der Waals surface area contributed by atoms with Crippen LogP contribution in [0.3, 0.4) is 0 Å². The molecule has 0 radical (unpaired) electrons. The van der Waals surface area contributed by atoms with Gasteiger partial charge >= 0.3 is 6.18 Å². The Bertz CT molecular complexity index is 896. The molecule has 0 bridgehead atoms. The molecule has 31 heavy (non-hydrogen) atoms. The highest BCUT2D eigenvalue weighted by molar-refractivity contribution is 7.92. The molecule has 1 fully saturated rings. The summed E-state index contributed by atoms with van der Waals surface area (Å²) in [5, 5.41) is 0.481. The third kappa shape index (κ3) is 6.51. The van der Waals surface area contributed by atoms with Crippen molar-refractivity contribution in [2.75, 3.05) is 13.1 Å². The van der Waals surface area contributed by atoms with E-state index >= 15 is 4.39 Å². The number of sulfone groups is 1. The van der Waals surface area contributed by atoms with Crippen LogP contribution in [0, 0.1) is 10.8 Å². The first-order chi connectivity index (χ1) is 14.0. The number of alkyl halides is 4. The smallest absolute Gasteiger partial charge is 0.309 e. The molecule has 1 N–H and O–H groups in total. The van der Waals surface area contributed by atoms with Crippen molar-refractivity contribution < 1.29 is 30.8 Å². The van der Waals surface area contributed by atoms with E-state index in [1.54, 1.807) is 0 Å². The number of Topliss-reactive ketones (excluding diaryl/α,β-unsaturated/α-hetero) is 1. The number of benzene rings is 1. The summed E-state index contributed by atoms with van der Waals surface area (Å²) < 4.78 is 80.0. The van der Waals surface area contributed by atoms with Crippen LogP contribution in [0.2, 0.25) is 0 Å². The van der Waals surface area contributed by atoms with Gasteiger partial charge in [0.2, 0.25) is 14.8 Å². The number of ketones is 1. The quantitative estimate of drug-likeness (QED) is 0.554. The Morgan fingerprint density at radius 3 is 2.19 bits per heavy atom. The van der Waals surface area contributed by atoms with E-state index in [0.29, 0.717) is 19.0 Å². The molecule has 0 unspecified atom stereocenters. The van der Waals surface area contributed by atoms with Crippen LogP contribution in [0.25, 0.3) is 0 Å². The average molecular weight is 466 g/mol. The number of hydrogen-bond acceptors (Lipinski definition) is 4. The lowest BCUT2D eigenvalue weighted by Crippen LogP contribution is -2.45.